The van der Waals surface area contributed by atoms with Crippen LogP contribution in [-0.4, -0.2) is 37.3 Å². The summed E-state index contributed by atoms with van der Waals surface area (Å²) in [4.78, 5) is 37.0. The van der Waals surface area contributed by atoms with Gasteiger partial charge in [0, 0.05) is 25.7 Å². The average Bonchev–Trinajstić information content (AvgIpc) is 3.55. The lowest BCUT2D eigenvalue weighted by Crippen LogP contribution is -2.38. The Kier molecular flexibility index (Phi) is 5.19. The van der Waals surface area contributed by atoms with E-state index in [0.29, 0.717) is 16.2 Å². The molecule has 10 heteroatoms. The molecule has 1 aromatic carbocycles. The van der Waals surface area contributed by atoms with Crippen molar-refractivity contribution in [2.24, 2.45) is 7.05 Å². The molecule has 0 spiro atoms. The quantitative estimate of drug-likeness (QED) is 0.456. The highest BCUT2D eigenvalue weighted by molar-refractivity contribution is 7.22. The SMILES string of the molecule is Cn1c(=O)c2sc(N3CCCC3)nc2n(Cc2nc(-c3ccc(C(C)(C)C)cc3)no2)c1=O. The topological polar surface area (TPSA) is 99.1 Å². The third-order valence-electron chi connectivity index (χ3n) is 6.02. The molecular formula is C23H26N6O3S. The monoisotopic (exact) mass is 466 g/mol. The predicted molar refractivity (Wildman–Crippen MR) is 128 cm³/mol. The minimum Gasteiger partial charge on any atom is -0.348 e. The lowest BCUT2D eigenvalue weighted by Gasteiger charge is -2.18. The van der Waals surface area contributed by atoms with Crippen LogP contribution >= 0.6 is 11.3 Å². The Hall–Kier alpha value is -3.27. The molecule has 0 atom stereocenters. The second kappa shape index (κ2) is 7.95. The Morgan fingerprint density at radius 3 is 2.42 bits per heavy atom. The van der Waals surface area contributed by atoms with Crippen LogP contribution < -0.4 is 16.1 Å². The van der Waals surface area contributed by atoms with Crippen LogP contribution in [0.2, 0.25) is 0 Å². The van der Waals surface area contributed by atoms with Crippen LogP contribution in [0.5, 0.6) is 0 Å². The molecule has 0 aliphatic carbocycles. The Morgan fingerprint density at radius 1 is 1.06 bits per heavy atom. The van der Waals surface area contributed by atoms with E-state index < -0.39 is 5.69 Å². The second-order valence-electron chi connectivity index (χ2n) is 9.42. The number of anilines is 1. The van der Waals surface area contributed by atoms with Crippen molar-refractivity contribution in [3.63, 3.8) is 0 Å². The van der Waals surface area contributed by atoms with Gasteiger partial charge in [0.15, 0.2) is 10.8 Å². The normalized spacial score (nSPS) is 14.5. The van der Waals surface area contributed by atoms with Crippen molar-refractivity contribution < 1.29 is 4.52 Å². The molecule has 1 fully saturated rings. The van der Waals surface area contributed by atoms with Crippen molar-refractivity contribution in [3.05, 3.63) is 56.6 Å². The van der Waals surface area contributed by atoms with Crippen LogP contribution in [0.15, 0.2) is 38.4 Å². The third kappa shape index (κ3) is 3.88. The fourth-order valence-electron chi connectivity index (χ4n) is 4.01. The summed E-state index contributed by atoms with van der Waals surface area (Å²) in [7, 11) is 1.48. The molecule has 172 valence electrons. The van der Waals surface area contributed by atoms with Crippen LogP contribution in [0.25, 0.3) is 21.7 Å². The zero-order valence-corrected chi connectivity index (χ0v) is 20.0. The van der Waals surface area contributed by atoms with Gasteiger partial charge in [-0.05, 0) is 23.8 Å². The van der Waals surface area contributed by atoms with Crippen molar-refractivity contribution in [1.29, 1.82) is 0 Å². The molecule has 0 unspecified atom stereocenters. The molecule has 4 heterocycles. The molecule has 1 aliphatic heterocycles. The Balaban J connectivity index is 1.50. The van der Waals surface area contributed by atoms with Crippen molar-refractivity contribution in [2.45, 2.75) is 45.6 Å². The molecule has 3 aromatic heterocycles. The standard InChI is InChI=1S/C23H26N6O3S/c1-23(2,3)15-9-7-14(8-10-15)18-24-16(32-26-18)13-29-19-17(20(30)27(4)22(29)31)33-21(25-19)28-11-5-6-12-28/h7-10H,5-6,11-13H2,1-4H3. The van der Waals surface area contributed by atoms with Crippen LogP contribution in [0.3, 0.4) is 0 Å². The lowest BCUT2D eigenvalue weighted by atomic mass is 9.87. The van der Waals surface area contributed by atoms with E-state index >= 15 is 0 Å². The lowest BCUT2D eigenvalue weighted by molar-refractivity contribution is 0.369. The van der Waals surface area contributed by atoms with Crippen molar-refractivity contribution in [3.8, 4) is 11.4 Å². The second-order valence-corrected chi connectivity index (χ2v) is 10.4. The highest BCUT2D eigenvalue weighted by atomic mass is 32.1. The van der Waals surface area contributed by atoms with Crippen LogP contribution in [-0.2, 0) is 19.0 Å². The molecule has 0 saturated carbocycles. The number of hydrogen-bond acceptors (Lipinski definition) is 8. The fraction of sp³-hybridized carbons (Fsp3) is 0.435. The van der Waals surface area contributed by atoms with E-state index in [1.54, 1.807) is 0 Å². The van der Waals surface area contributed by atoms with Gasteiger partial charge < -0.3 is 9.42 Å². The van der Waals surface area contributed by atoms with Gasteiger partial charge in [-0.25, -0.2) is 9.78 Å². The van der Waals surface area contributed by atoms with Crippen molar-refractivity contribution >= 4 is 26.8 Å². The van der Waals surface area contributed by atoms with E-state index in [4.69, 9.17) is 4.52 Å². The maximum absolute atomic E-state index is 12.9. The van der Waals surface area contributed by atoms with E-state index in [2.05, 4.69) is 52.9 Å². The van der Waals surface area contributed by atoms with E-state index in [9.17, 15) is 9.59 Å². The molecule has 5 rings (SSSR count). The minimum atomic E-state index is -0.458. The van der Waals surface area contributed by atoms with E-state index in [1.807, 2.05) is 12.1 Å². The molecule has 4 aromatic rings. The summed E-state index contributed by atoms with van der Waals surface area (Å²) < 4.78 is 8.46. The number of aromatic nitrogens is 5. The molecule has 9 nitrogen and oxygen atoms in total. The summed E-state index contributed by atoms with van der Waals surface area (Å²) in [5.41, 5.74) is 1.68. The molecule has 0 radical (unpaired) electrons. The molecule has 0 bridgehead atoms. The van der Waals surface area contributed by atoms with Crippen molar-refractivity contribution in [2.75, 3.05) is 18.0 Å². The van der Waals surface area contributed by atoms with Gasteiger partial charge in [-0.1, -0.05) is 61.5 Å². The number of nitrogens with zero attached hydrogens (tertiary/aromatic N) is 6. The van der Waals surface area contributed by atoms with E-state index in [-0.39, 0.29) is 23.4 Å². The first-order chi connectivity index (χ1) is 15.7. The first-order valence-corrected chi connectivity index (χ1v) is 11.8. The molecule has 0 N–H and O–H groups in total. The number of fused-ring (bicyclic) bond motifs is 1. The minimum absolute atomic E-state index is 0.0414. The highest BCUT2D eigenvalue weighted by Crippen LogP contribution is 2.29. The largest absolute Gasteiger partial charge is 0.348 e. The Labute approximate surface area is 194 Å². The van der Waals surface area contributed by atoms with E-state index in [1.165, 1.54) is 28.5 Å². The van der Waals surface area contributed by atoms with Gasteiger partial charge in [0.2, 0.25) is 11.7 Å². The fourth-order valence-corrected chi connectivity index (χ4v) is 5.11. The highest BCUT2D eigenvalue weighted by Gasteiger charge is 2.22. The van der Waals surface area contributed by atoms with Gasteiger partial charge in [0.25, 0.3) is 5.56 Å². The first kappa shape index (κ1) is 21.6. The van der Waals surface area contributed by atoms with Crippen molar-refractivity contribution in [1.82, 2.24) is 24.3 Å². The molecule has 0 amide bonds. The molecule has 33 heavy (non-hydrogen) atoms. The van der Waals surface area contributed by atoms with Gasteiger partial charge in [-0.3, -0.25) is 13.9 Å². The molecule has 1 aliphatic rings. The van der Waals surface area contributed by atoms with E-state index in [0.717, 1.165) is 41.2 Å². The zero-order valence-electron chi connectivity index (χ0n) is 19.2. The number of benzene rings is 1. The third-order valence-corrected chi connectivity index (χ3v) is 7.11. The van der Waals surface area contributed by atoms with Gasteiger partial charge >= 0.3 is 5.69 Å². The summed E-state index contributed by atoms with van der Waals surface area (Å²) in [6, 6.07) is 8.05. The van der Waals surface area contributed by atoms with Crippen LogP contribution in [0, 0.1) is 0 Å². The van der Waals surface area contributed by atoms with Gasteiger partial charge in [-0.2, -0.15) is 4.98 Å². The Morgan fingerprint density at radius 2 is 1.76 bits per heavy atom. The van der Waals surface area contributed by atoms with Crippen LogP contribution in [0.1, 0.15) is 45.1 Å². The summed E-state index contributed by atoms with van der Waals surface area (Å²) in [6.45, 7) is 8.34. The molecular weight excluding hydrogens is 440 g/mol. The van der Waals surface area contributed by atoms with Crippen LogP contribution in [0.4, 0.5) is 5.13 Å². The first-order valence-electron chi connectivity index (χ1n) is 11.0. The Bertz CT molecular complexity index is 1430. The van der Waals surface area contributed by atoms with Gasteiger partial charge in [-0.15, -0.1) is 0 Å². The maximum atomic E-state index is 12.9. The summed E-state index contributed by atoms with van der Waals surface area (Å²) in [6.07, 6.45) is 2.20. The number of hydrogen-bond donors (Lipinski definition) is 0. The number of thiazole rings is 1. The number of rotatable bonds is 4. The van der Waals surface area contributed by atoms with Gasteiger partial charge in [0.1, 0.15) is 11.2 Å². The molecule has 1 saturated heterocycles. The smallest absolute Gasteiger partial charge is 0.332 e. The van der Waals surface area contributed by atoms with Gasteiger partial charge in [0.05, 0.1) is 0 Å². The summed E-state index contributed by atoms with van der Waals surface area (Å²) >= 11 is 1.33. The zero-order chi connectivity index (χ0) is 23.3. The summed E-state index contributed by atoms with van der Waals surface area (Å²) in [5, 5.41) is 4.86. The maximum Gasteiger partial charge on any atom is 0.332 e. The predicted octanol–water partition coefficient (Wildman–Crippen LogP) is 3.15. The summed E-state index contributed by atoms with van der Waals surface area (Å²) in [5.74, 6) is 0.735. The average molecular weight is 467 g/mol.